The van der Waals surface area contributed by atoms with Gasteiger partial charge < -0.3 is 15.5 Å². The molecule has 25 heavy (non-hydrogen) atoms. The number of nitrogens with one attached hydrogen (secondary N) is 2. The predicted octanol–water partition coefficient (Wildman–Crippen LogP) is 2.94. The third kappa shape index (κ3) is 5.22. The summed E-state index contributed by atoms with van der Waals surface area (Å²) in [4.78, 5) is 16.7. The molecule has 1 aliphatic heterocycles. The summed E-state index contributed by atoms with van der Waals surface area (Å²) < 4.78 is 0. The molecule has 0 radical (unpaired) electrons. The van der Waals surface area contributed by atoms with Gasteiger partial charge in [-0.25, -0.2) is 4.79 Å². The van der Waals surface area contributed by atoms with Gasteiger partial charge in [0.1, 0.15) is 0 Å². The number of amides is 2. The molecule has 1 fully saturated rings. The van der Waals surface area contributed by atoms with Crippen molar-refractivity contribution in [2.45, 2.75) is 6.92 Å². The van der Waals surface area contributed by atoms with E-state index in [1.165, 1.54) is 11.3 Å². The largest absolute Gasteiger partial charge is 0.369 e. The fourth-order valence-corrected chi connectivity index (χ4v) is 3.08. The molecule has 0 aliphatic carbocycles. The van der Waals surface area contributed by atoms with Crippen molar-refractivity contribution < 1.29 is 4.79 Å². The summed E-state index contributed by atoms with van der Waals surface area (Å²) in [6.45, 7) is 7.77. The second kappa shape index (κ2) is 8.53. The molecular weight excluding hydrogens is 312 g/mol. The van der Waals surface area contributed by atoms with Crippen LogP contribution in [0, 0.1) is 6.92 Å². The fraction of sp³-hybridized carbons (Fsp3) is 0.350. The first-order chi connectivity index (χ1) is 12.2. The fourth-order valence-electron chi connectivity index (χ4n) is 3.08. The van der Waals surface area contributed by atoms with Crippen LogP contribution >= 0.6 is 0 Å². The number of carbonyl (C=O) groups excluding carboxylic acids is 1. The van der Waals surface area contributed by atoms with Crippen LogP contribution < -0.4 is 15.5 Å². The van der Waals surface area contributed by atoms with Crippen molar-refractivity contribution in [3.8, 4) is 0 Å². The van der Waals surface area contributed by atoms with Gasteiger partial charge in [0.15, 0.2) is 0 Å². The van der Waals surface area contributed by atoms with E-state index in [1.54, 1.807) is 0 Å². The number of nitrogens with zero attached hydrogens (tertiary/aromatic N) is 2. The van der Waals surface area contributed by atoms with E-state index < -0.39 is 0 Å². The summed E-state index contributed by atoms with van der Waals surface area (Å²) in [6.07, 6.45) is 0. The van der Waals surface area contributed by atoms with Crippen molar-refractivity contribution in [3.05, 3.63) is 60.2 Å². The van der Waals surface area contributed by atoms with E-state index in [-0.39, 0.29) is 6.03 Å². The summed E-state index contributed by atoms with van der Waals surface area (Å²) in [7, 11) is 0. The maximum Gasteiger partial charge on any atom is 0.319 e. The van der Waals surface area contributed by atoms with Crippen LogP contribution in [0.15, 0.2) is 54.6 Å². The zero-order chi connectivity index (χ0) is 17.5. The average Bonchev–Trinajstić information content (AvgIpc) is 2.63. The molecule has 2 N–H and O–H groups in total. The Morgan fingerprint density at radius 2 is 1.76 bits per heavy atom. The highest BCUT2D eigenvalue weighted by atomic mass is 16.2. The highest BCUT2D eigenvalue weighted by molar-refractivity contribution is 5.89. The topological polar surface area (TPSA) is 47.6 Å². The number of piperazine rings is 1. The highest BCUT2D eigenvalue weighted by Crippen LogP contribution is 2.17. The lowest BCUT2D eigenvalue weighted by Crippen LogP contribution is -2.48. The minimum absolute atomic E-state index is 0.149. The van der Waals surface area contributed by atoms with Gasteiger partial charge in [0.2, 0.25) is 0 Å². The number of urea groups is 1. The lowest BCUT2D eigenvalue weighted by molar-refractivity contribution is 0.240. The number of aryl methyl sites for hydroxylation is 1. The Morgan fingerprint density at radius 1 is 1.00 bits per heavy atom. The molecular formula is C20H26N4O. The number of benzene rings is 2. The molecule has 0 atom stereocenters. The van der Waals surface area contributed by atoms with Gasteiger partial charge in [-0.05, 0) is 36.8 Å². The van der Waals surface area contributed by atoms with Crippen LogP contribution in [-0.2, 0) is 0 Å². The smallest absolute Gasteiger partial charge is 0.319 e. The van der Waals surface area contributed by atoms with Gasteiger partial charge in [-0.15, -0.1) is 0 Å². The van der Waals surface area contributed by atoms with E-state index >= 15 is 0 Å². The Balaban J connectivity index is 1.36. The third-order valence-corrected chi connectivity index (χ3v) is 4.48. The van der Waals surface area contributed by atoms with Crippen LogP contribution in [-0.4, -0.2) is 50.2 Å². The van der Waals surface area contributed by atoms with Crippen LogP contribution in [0.1, 0.15) is 5.56 Å². The maximum absolute atomic E-state index is 11.9. The van der Waals surface area contributed by atoms with Crippen LogP contribution in [0.25, 0.3) is 0 Å². The number of rotatable bonds is 5. The van der Waals surface area contributed by atoms with Crippen molar-refractivity contribution in [3.63, 3.8) is 0 Å². The third-order valence-electron chi connectivity index (χ3n) is 4.48. The summed E-state index contributed by atoms with van der Waals surface area (Å²) in [5.74, 6) is 0. The molecule has 0 spiro atoms. The van der Waals surface area contributed by atoms with Crippen molar-refractivity contribution in [1.29, 1.82) is 0 Å². The molecule has 0 bridgehead atoms. The Bertz CT molecular complexity index is 681. The Hall–Kier alpha value is -2.53. The van der Waals surface area contributed by atoms with Gasteiger partial charge in [0, 0.05) is 50.6 Å². The standard InChI is InChI=1S/C20H26N4O/c1-17-6-5-9-19(16-17)24-14-12-23(13-15-24)11-10-21-20(25)22-18-7-3-2-4-8-18/h2-9,16H,10-15H2,1H3,(H2,21,22,25). The zero-order valence-corrected chi connectivity index (χ0v) is 14.7. The molecule has 2 aromatic carbocycles. The van der Waals surface area contributed by atoms with E-state index in [0.29, 0.717) is 6.54 Å². The van der Waals surface area contributed by atoms with E-state index in [2.05, 4.69) is 51.6 Å². The Labute approximate surface area is 149 Å². The average molecular weight is 338 g/mol. The monoisotopic (exact) mass is 338 g/mol. The number of para-hydroxylation sites is 1. The molecule has 1 saturated heterocycles. The number of hydrogen-bond acceptors (Lipinski definition) is 3. The van der Waals surface area contributed by atoms with Gasteiger partial charge in [-0.1, -0.05) is 30.3 Å². The molecule has 0 saturated carbocycles. The molecule has 1 aliphatic rings. The summed E-state index contributed by atoms with van der Waals surface area (Å²) in [5, 5.41) is 5.76. The lowest BCUT2D eigenvalue weighted by atomic mass is 10.2. The maximum atomic E-state index is 11.9. The van der Waals surface area contributed by atoms with E-state index in [0.717, 1.165) is 38.4 Å². The molecule has 2 aromatic rings. The van der Waals surface area contributed by atoms with Crippen LogP contribution in [0.2, 0.25) is 0 Å². The molecule has 132 valence electrons. The summed E-state index contributed by atoms with van der Waals surface area (Å²) in [5.41, 5.74) is 3.42. The van der Waals surface area contributed by atoms with Crippen molar-refractivity contribution >= 4 is 17.4 Å². The Morgan fingerprint density at radius 3 is 2.48 bits per heavy atom. The first-order valence-electron chi connectivity index (χ1n) is 8.84. The first-order valence-corrected chi connectivity index (χ1v) is 8.84. The van der Waals surface area contributed by atoms with E-state index in [1.807, 2.05) is 30.3 Å². The van der Waals surface area contributed by atoms with Gasteiger partial charge in [0.05, 0.1) is 0 Å². The van der Waals surface area contributed by atoms with E-state index in [4.69, 9.17) is 0 Å². The minimum atomic E-state index is -0.149. The number of anilines is 2. The second-order valence-corrected chi connectivity index (χ2v) is 6.41. The molecule has 2 amide bonds. The van der Waals surface area contributed by atoms with Crippen molar-refractivity contribution in [2.75, 3.05) is 49.5 Å². The molecule has 3 rings (SSSR count). The molecule has 0 aromatic heterocycles. The Kier molecular flexibility index (Phi) is 5.90. The number of carbonyl (C=O) groups is 1. The second-order valence-electron chi connectivity index (χ2n) is 6.41. The summed E-state index contributed by atoms with van der Waals surface area (Å²) >= 11 is 0. The molecule has 0 unspecified atom stereocenters. The first kappa shape index (κ1) is 17.3. The van der Waals surface area contributed by atoms with Crippen molar-refractivity contribution in [1.82, 2.24) is 10.2 Å². The van der Waals surface area contributed by atoms with Crippen LogP contribution in [0.4, 0.5) is 16.2 Å². The summed E-state index contributed by atoms with van der Waals surface area (Å²) in [6, 6.07) is 18.0. The quantitative estimate of drug-likeness (QED) is 0.881. The van der Waals surface area contributed by atoms with Crippen LogP contribution in [0.3, 0.4) is 0 Å². The number of hydrogen-bond donors (Lipinski definition) is 2. The van der Waals surface area contributed by atoms with Gasteiger partial charge in [-0.2, -0.15) is 0 Å². The molecule has 5 heteroatoms. The lowest BCUT2D eigenvalue weighted by Gasteiger charge is -2.36. The van der Waals surface area contributed by atoms with Gasteiger partial charge in [0.25, 0.3) is 0 Å². The minimum Gasteiger partial charge on any atom is -0.369 e. The van der Waals surface area contributed by atoms with E-state index in [9.17, 15) is 4.79 Å². The van der Waals surface area contributed by atoms with Crippen LogP contribution in [0.5, 0.6) is 0 Å². The SMILES string of the molecule is Cc1cccc(N2CCN(CCNC(=O)Nc3ccccc3)CC2)c1. The van der Waals surface area contributed by atoms with Crippen molar-refractivity contribution in [2.24, 2.45) is 0 Å². The zero-order valence-electron chi connectivity index (χ0n) is 14.7. The van der Waals surface area contributed by atoms with Gasteiger partial charge in [-0.3, -0.25) is 4.90 Å². The highest BCUT2D eigenvalue weighted by Gasteiger charge is 2.17. The molecule has 1 heterocycles. The molecule has 5 nitrogen and oxygen atoms in total. The van der Waals surface area contributed by atoms with Gasteiger partial charge >= 0.3 is 6.03 Å². The normalized spacial score (nSPS) is 15.0. The predicted molar refractivity (Wildman–Crippen MR) is 103 cm³/mol.